The van der Waals surface area contributed by atoms with Crippen LogP contribution in [0.5, 0.6) is 11.8 Å². The maximum Gasteiger partial charge on any atom is 0.322 e. The average molecular weight is 321 g/mol. The molecule has 7 heteroatoms. The van der Waals surface area contributed by atoms with E-state index in [-0.39, 0.29) is 6.01 Å². The molecule has 5 nitrogen and oxygen atoms in total. The summed E-state index contributed by atoms with van der Waals surface area (Å²) in [6, 6.07) is 5.71. The number of benzene rings is 1. The summed E-state index contributed by atoms with van der Waals surface area (Å²) in [4.78, 5) is 8.03. The van der Waals surface area contributed by atoms with Gasteiger partial charge in [-0.25, -0.2) is 9.97 Å². The Morgan fingerprint density at radius 3 is 2.71 bits per heavy atom. The molecule has 0 N–H and O–H groups in total. The maximum atomic E-state index is 6.14. The number of allylic oxidation sites excluding steroid dienone is 1. The first-order valence-electron chi connectivity index (χ1n) is 6.10. The minimum atomic E-state index is 0.203. The summed E-state index contributed by atoms with van der Waals surface area (Å²) in [5.41, 5.74) is 0.765. The Bertz CT molecular complexity index is 799. The van der Waals surface area contributed by atoms with Crippen LogP contribution in [0.1, 0.15) is 0 Å². The average Bonchev–Trinajstić information content (AvgIpc) is 2.80. The van der Waals surface area contributed by atoms with Crippen LogP contribution in [0.4, 0.5) is 0 Å². The van der Waals surface area contributed by atoms with Crippen molar-refractivity contribution in [3.8, 4) is 11.8 Å². The van der Waals surface area contributed by atoms with Crippen LogP contribution in [0.2, 0.25) is 10.2 Å². The molecule has 0 saturated heterocycles. The highest BCUT2D eigenvalue weighted by atomic mass is 35.5. The molecule has 0 bridgehead atoms. The Morgan fingerprint density at radius 1 is 1.24 bits per heavy atom. The number of rotatable bonds is 4. The van der Waals surface area contributed by atoms with Gasteiger partial charge >= 0.3 is 6.01 Å². The van der Waals surface area contributed by atoms with Crippen molar-refractivity contribution in [1.82, 2.24) is 19.7 Å². The summed E-state index contributed by atoms with van der Waals surface area (Å²) >= 11 is 11.9. The second-order valence-electron chi connectivity index (χ2n) is 4.20. The first-order chi connectivity index (χ1) is 10.2. The van der Waals surface area contributed by atoms with Gasteiger partial charge in [-0.3, -0.25) is 4.68 Å². The number of nitrogens with zero attached hydrogens (tertiary/aromatic N) is 4. The molecule has 1 aromatic carbocycles. The highest BCUT2D eigenvalue weighted by Gasteiger charge is 2.14. The van der Waals surface area contributed by atoms with Gasteiger partial charge in [0.25, 0.3) is 0 Å². The lowest BCUT2D eigenvalue weighted by Crippen LogP contribution is -1.99. The van der Waals surface area contributed by atoms with Crippen LogP contribution >= 0.6 is 23.2 Å². The molecule has 106 valence electrons. The van der Waals surface area contributed by atoms with Crippen LogP contribution in [0.3, 0.4) is 0 Å². The van der Waals surface area contributed by atoms with Crippen molar-refractivity contribution in [2.45, 2.75) is 6.54 Å². The zero-order valence-electron chi connectivity index (χ0n) is 10.8. The summed E-state index contributed by atoms with van der Waals surface area (Å²) in [5.74, 6) is 0.566. The summed E-state index contributed by atoms with van der Waals surface area (Å²) in [5, 5.41) is 5.92. The summed E-state index contributed by atoms with van der Waals surface area (Å²) in [6.07, 6.45) is 4.68. The van der Waals surface area contributed by atoms with Gasteiger partial charge in [-0.05, 0) is 12.1 Å². The largest absolute Gasteiger partial charge is 0.422 e. The van der Waals surface area contributed by atoms with E-state index in [0.717, 1.165) is 10.9 Å². The Labute approximate surface area is 130 Å². The van der Waals surface area contributed by atoms with Gasteiger partial charge in [0.05, 0.1) is 24.0 Å². The van der Waals surface area contributed by atoms with E-state index in [2.05, 4.69) is 21.6 Å². The van der Waals surface area contributed by atoms with Gasteiger partial charge in [-0.15, -0.1) is 6.58 Å². The smallest absolute Gasteiger partial charge is 0.322 e. The molecule has 2 aromatic heterocycles. The Hall–Kier alpha value is -2.11. The molecule has 0 atom stereocenters. The van der Waals surface area contributed by atoms with Gasteiger partial charge in [0.1, 0.15) is 5.52 Å². The summed E-state index contributed by atoms with van der Waals surface area (Å²) in [6.45, 7) is 4.23. The fraction of sp³-hybridized carbons (Fsp3) is 0.0714. The van der Waals surface area contributed by atoms with E-state index in [1.54, 1.807) is 16.8 Å². The molecule has 0 radical (unpaired) electrons. The van der Waals surface area contributed by atoms with Crippen LogP contribution in [-0.4, -0.2) is 19.7 Å². The van der Waals surface area contributed by atoms with E-state index in [9.17, 15) is 0 Å². The molecule has 21 heavy (non-hydrogen) atoms. The minimum absolute atomic E-state index is 0.203. The van der Waals surface area contributed by atoms with Crippen molar-refractivity contribution in [3.63, 3.8) is 0 Å². The molecule has 3 aromatic rings. The van der Waals surface area contributed by atoms with Gasteiger partial charge < -0.3 is 4.74 Å². The first kappa shape index (κ1) is 13.9. The highest BCUT2D eigenvalue weighted by molar-refractivity contribution is 6.34. The van der Waals surface area contributed by atoms with Gasteiger partial charge in [-0.2, -0.15) is 5.10 Å². The van der Waals surface area contributed by atoms with Gasteiger partial charge in [0.2, 0.25) is 0 Å². The molecule has 0 fully saturated rings. The van der Waals surface area contributed by atoms with E-state index < -0.39 is 0 Å². The molecule has 0 saturated carbocycles. The lowest BCUT2D eigenvalue weighted by atomic mass is 10.2. The third-order valence-electron chi connectivity index (χ3n) is 2.79. The van der Waals surface area contributed by atoms with E-state index in [0.29, 0.717) is 22.5 Å². The zero-order chi connectivity index (χ0) is 14.8. The van der Waals surface area contributed by atoms with E-state index >= 15 is 0 Å². The molecule has 0 aliphatic rings. The third kappa shape index (κ3) is 2.70. The van der Waals surface area contributed by atoms with Crippen molar-refractivity contribution < 1.29 is 4.74 Å². The zero-order valence-corrected chi connectivity index (χ0v) is 12.3. The van der Waals surface area contributed by atoms with E-state index in [1.807, 2.05) is 12.1 Å². The van der Waals surface area contributed by atoms with Crippen molar-refractivity contribution >= 4 is 34.1 Å². The lowest BCUT2D eigenvalue weighted by Gasteiger charge is -2.07. The van der Waals surface area contributed by atoms with Gasteiger partial charge in [0, 0.05) is 5.39 Å². The van der Waals surface area contributed by atoms with Crippen molar-refractivity contribution in [1.29, 1.82) is 0 Å². The quantitative estimate of drug-likeness (QED) is 0.679. The molecule has 0 unspecified atom stereocenters. The SMILES string of the molecule is C=CCn1nc(Cl)c2cccc(Oc3ncc(Cl)cn3)c21. The van der Waals surface area contributed by atoms with E-state index in [1.165, 1.54) is 12.4 Å². The van der Waals surface area contributed by atoms with Crippen LogP contribution in [0.15, 0.2) is 43.2 Å². The molecule has 0 aliphatic carbocycles. The third-order valence-corrected chi connectivity index (χ3v) is 3.26. The molecule has 3 rings (SSSR count). The Balaban J connectivity index is 2.09. The number of ether oxygens (including phenoxy) is 1. The predicted octanol–water partition coefficient (Wildman–Crippen LogP) is 4.11. The fourth-order valence-electron chi connectivity index (χ4n) is 1.95. The first-order valence-corrected chi connectivity index (χ1v) is 6.86. The second-order valence-corrected chi connectivity index (χ2v) is 4.99. The molecule has 0 amide bonds. The fourth-order valence-corrected chi connectivity index (χ4v) is 2.29. The van der Waals surface area contributed by atoms with Gasteiger partial charge in [0.15, 0.2) is 10.9 Å². The van der Waals surface area contributed by atoms with E-state index in [4.69, 9.17) is 27.9 Å². The standard InChI is InChI=1S/C14H10Cl2N4O/c1-2-6-20-12-10(13(16)19-20)4-3-5-11(12)21-14-17-7-9(15)8-18-14/h2-5,7-8H,1,6H2. The van der Waals surface area contributed by atoms with Crippen molar-refractivity contribution in [2.75, 3.05) is 0 Å². The Kier molecular flexibility index (Phi) is 3.77. The number of fused-ring (bicyclic) bond motifs is 1. The van der Waals surface area contributed by atoms with Gasteiger partial charge in [-0.1, -0.05) is 35.3 Å². The topological polar surface area (TPSA) is 52.8 Å². The number of halogens is 2. The predicted molar refractivity (Wildman–Crippen MR) is 82.1 cm³/mol. The number of para-hydroxylation sites is 1. The van der Waals surface area contributed by atoms with Crippen molar-refractivity contribution in [2.24, 2.45) is 0 Å². The lowest BCUT2D eigenvalue weighted by molar-refractivity contribution is 0.443. The monoisotopic (exact) mass is 320 g/mol. The summed E-state index contributed by atoms with van der Waals surface area (Å²) < 4.78 is 7.43. The number of hydrogen-bond acceptors (Lipinski definition) is 4. The number of aromatic nitrogens is 4. The highest BCUT2D eigenvalue weighted by Crippen LogP contribution is 2.32. The summed E-state index contributed by atoms with van der Waals surface area (Å²) in [7, 11) is 0. The number of hydrogen-bond donors (Lipinski definition) is 0. The molecule has 0 aliphatic heterocycles. The molecular weight excluding hydrogens is 311 g/mol. The van der Waals surface area contributed by atoms with Crippen LogP contribution in [-0.2, 0) is 6.54 Å². The van der Waals surface area contributed by atoms with Crippen LogP contribution in [0.25, 0.3) is 10.9 Å². The molecule has 0 spiro atoms. The van der Waals surface area contributed by atoms with Crippen molar-refractivity contribution in [3.05, 3.63) is 53.4 Å². The second kappa shape index (κ2) is 5.71. The van der Waals surface area contributed by atoms with Crippen LogP contribution in [0, 0.1) is 0 Å². The molecular formula is C14H10Cl2N4O. The molecule has 2 heterocycles. The Morgan fingerprint density at radius 2 is 2.00 bits per heavy atom. The van der Waals surface area contributed by atoms with Crippen LogP contribution < -0.4 is 4.74 Å². The normalized spacial score (nSPS) is 10.8. The maximum absolute atomic E-state index is 6.14. The minimum Gasteiger partial charge on any atom is -0.422 e.